The van der Waals surface area contributed by atoms with Gasteiger partial charge in [-0.05, 0) is 24.3 Å². The van der Waals surface area contributed by atoms with Gasteiger partial charge < -0.3 is 0 Å². The highest BCUT2D eigenvalue weighted by atomic mass is 32.2. The predicted molar refractivity (Wildman–Crippen MR) is 59.8 cm³/mol. The summed E-state index contributed by atoms with van der Waals surface area (Å²) in [6.45, 7) is 0. The molecule has 0 aromatic heterocycles. The Morgan fingerprint density at radius 3 is 2.56 bits per heavy atom. The van der Waals surface area contributed by atoms with Gasteiger partial charge in [0.15, 0.2) is 5.17 Å². The molecular weight excluding hydrogens is 231 g/mol. The maximum Gasteiger partial charge on any atom is 0.258 e. The number of aliphatic imine (C=N–C) groups is 1. The van der Waals surface area contributed by atoms with Gasteiger partial charge in [0, 0.05) is 0 Å². The molecule has 0 fully saturated rings. The van der Waals surface area contributed by atoms with Crippen LogP contribution < -0.4 is 4.90 Å². The smallest absolute Gasteiger partial charge is 0.258 e. The van der Waals surface area contributed by atoms with E-state index in [9.17, 15) is 14.0 Å². The van der Waals surface area contributed by atoms with Gasteiger partial charge in [0.2, 0.25) is 6.41 Å². The van der Waals surface area contributed by atoms with Crippen molar-refractivity contribution in [2.24, 2.45) is 4.99 Å². The van der Waals surface area contributed by atoms with Gasteiger partial charge in [-0.25, -0.2) is 4.39 Å². The standard InChI is InChI=1S/C10H7FN2O2S/c11-7-1-3-8(4-2-7)13(6-14)10-12-9(15)5-16-10/h1-4,6H,5H2. The van der Waals surface area contributed by atoms with Gasteiger partial charge in [0.25, 0.3) is 5.91 Å². The van der Waals surface area contributed by atoms with Gasteiger partial charge in [-0.15, -0.1) is 0 Å². The lowest BCUT2D eigenvalue weighted by Crippen LogP contribution is -2.25. The summed E-state index contributed by atoms with van der Waals surface area (Å²) >= 11 is 1.18. The molecule has 1 aromatic carbocycles. The third-order valence-electron chi connectivity index (χ3n) is 1.96. The first-order chi connectivity index (χ1) is 7.70. The highest BCUT2D eigenvalue weighted by Gasteiger charge is 2.21. The molecule has 82 valence electrons. The van der Waals surface area contributed by atoms with Crippen LogP contribution in [0.2, 0.25) is 0 Å². The molecule has 6 heteroatoms. The second-order valence-corrected chi connectivity index (χ2v) is 3.97. The normalized spacial score (nSPS) is 14.8. The number of carbonyl (C=O) groups is 2. The largest absolute Gasteiger partial charge is 0.278 e. The number of nitrogens with zero attached hydrogens (tertiary/aromatic N) is 2. The molecule has 0 atom stereocenters. The Bertz CT molecular complexity index is 458. The fraction of sp³-hybridized carbons (Fsp3) is 0.100. The lowest BCUT2D eigenvalue weighted by molar-refractivity contribution is -0.115. The van der Waals surface area contributed by atoms with Crippen molar-refractivity contribution < 1.29 is 14.0 Å². The Kier molecular flexibility index (Phi) is 3.00. The predicted octanol–water partition coefficient (Wildman–Crippen LogP) is 1.42. The lowest BCUT2D eigenvalue weighted by atomic mass is 10.3. The zero-order valence-electron chi connectivity index (χ0n) is 8.09. The SMILES string of the molecule is O=CN(C1=NC(=O)CS1)c1ccc(F)cc1. The second kappa shape index (κ2) is 4.44. The van der Waals surface area contributed by atoms with E-state index in [4.69, 9.17) is 0 Å². The van der Waals surface area contributed by atoms with Crippen LogP contribution in [-0.2, 0) is 9.59 Å². The molecule has 0 radical (unpaired) electrons. The summed E-state index contributed by atoms with van der Waals surface area (Å²) in [7, 11) is 0. The monoisotopic (exact) mass is 238 g/mol. The van der Waals surface area contributed by atoms with Crippen molar-refractivity contribution >= 4 is 34.9 Å². The number of rotatable bonds is 2. The summed E-state index contributed by atoms with van der Waals surface area (Å²) in [6.07, 6.45) is 0.553. The zero-order valence-corrected chi connectivity index (χ0v) is 8.91. The van der Waals surface area contributed by atoms with Crippen LogP contribution in [0, 0.1) is 5.82 Å². The summed E-state index contributed by atoms with van der Waals surface area (Å²) in [5.74, 6) is -0.415. The number of benzene rings is 1. The molecule has 0 unspecified atom stereocenters. The minimum Gasteiger partial charge on any atom is -0.278 e. The fourth-order valence-electron chi connectivity index (χ4n) is 1.24. The van der Waals surface area contributed by atoms with Crippen LogP contribution in [0.3, 0.4) is 0 Å². The number of hydrogen-bond acceptors (Lipinski definition) is 3. The van der Waals surface area contributed by atoms with Crippen LogP contribution in [0.4, 0.5) is 10.1 Å². The third kappa shape index (κ3) is 2.11. The molecule has 0 spiro atoms. The van der Waals surface area contributed by atoms with Gasteiger partial charge in [0.1, 0.15) is 5.82 Å². The summed E-state index contributed by atoms with van der Waals surface area (Å²) in [6, 6.07) is 5.40. The number of hydrogen-bond donors (Lipinski definition) is 0. The summed E-state index contributed by atoms with van der Waals surface area (Å²) < 4.78 is 12.7. The topological polar surface area (TPSA) is 49.7 Å². The first kappa shape index (κ1) is 10.8. The lowest BCUT2D eigenvalue weighted by Gasteiger charge is -2.15. The Labute approximate surface area is 95.2 Å². The highest BCUT2D eigenvalue weighted by Crippen LogP contribution is 2.22. The van der Waals surface area contributed by atoms with Crippen LogP contribution in [0.5, 0.6) is 0 Å². The number of halogens is 1. The zero-order chi connectivity index (χ0) is 11.5. The molecule has 2 rings (SSSR count). The molecule has 0 saturated carbocycles. The molecule has 0 aliphatic carbocycles. The van der Waals surface area contributed by atoms with Crippen LogP contribution in [0.1, 0.15) is 0 Å². The minimum atomic E-state index is -0.383. The number of amides is 2. The molecule has 0 bridgehead atoms. The third-order valence-corrected chi connectivity index (χ3v) is 2.90. The van der Waals surface area contributed by atoms with Gasteiger partial charge in [-0.3, -0.25) is 14.5 Å². The summed E-state index contributed by atoms with van der Waals surface area (Å²) in [5, 5.41) is 0.326. The fourth-order valence-corrected chi connectivity index (χ4v) is 2.01. The van der Waals surface area contributed by atoms with E-state index in [2.05, 4.69) is 4.99 Å². The van der Waals surface area contributed by atoms with Gasteiger partial charge >= 0.3 is 0 Å². The van der Waals surface area contributed by atoms with E-state index in [-0.39, 0.29) is 17.5 Å². The molecule has 1 aliphatic rings. The summed E-state index contributed by atoms with van der Waals surface area (Å²) in [5.41, 5.74) is 0.484. The van der Waals surface area contributed by atoms with E-state index < -0.39 is 0 Å². The number of thioether (sulfide) groups is 1. The van der Waals surface area contributed by atoms with E-state index in [0.717, 1.165) is 0 Å². The van der Waals surface area contributed by atoms with Crippen molar-refractivity contribution in [3.05, 3.63) is 30.1 Å². The molecule has 0 N–H and O–H groups in total. The first-order valence-electron chi connectivity index (χ1n) is 4.45. The van der Waals surface area contributed by atoms with Crippen LogP contribution in [-0.4, -0.2) is 23.2 Å². The Morgan fingerprint density at radius 2 is 2.06 bits per heavy atom. The van der Waals surface area contributed by atoms with E-state index in [1.165, 1.54) is 40.9 Å². The first-order valence-corrected chi connectivity index (χ1v) is 5.43. The van der Waals surface area contributed by atoms with E-state index in [1.807, 2.05) is 0 Å². The Balaban J connectivity index is 2.29. The van der Waals surface area contributed by atoms with Crippen molar-refractivity contribution in [1.29, 1.82) is 0 Å². The second-order valence-electron chi connectivity index (χ2n) is 3.03. The number of amidine groups is 1. The van der Waals surface area contributed by atoms with Gasteiger partial charge in [-0.1, -0.05) is 11.8 Å². The summed E-state index contributed by atoms with van der Waals surface area (Å²) in [4.78, 5) is 26.8. The molecule has 1 heterocycles. The molecule has 0 saturated heterocycles. The van der Waals surface area contributed by atoms with Crippen molar-refractivity contribution in [2.75, 3.05) is 10.7 Å². The molecule has 4 nitrogen and oxygen atoms in total. The molecular formula is C10H7FN2O2S. The average Bonchev–Trinajstić information content (AvgIpc) is 2.69. The van der Waals surface area contributed by atoms with Crippen molar-refractivity contribution in [1.82, 2.24) is 0 Å². The molecule has 2 amide bonds. The minimum absolute atomic E-state index is 0.237. The van der Waals surface area contributed by atoms with E-state index in [0.29, 0.717) is 17.3 Å². The molecule has 1 aliphatic heterocycles. The van der Waals surface area contributed by atoms with E-state index in [1.54, 1.807) is 0 Å². The maximum absolute atomic E-state index is 12.7. The van der Waals surface area contributed by atoms with Crippen LogP contribution >= 0.6 is 11.8 Å². The molecule has 16 heavy (non-hydrogen) atoms. The van der Waals surface area contributed by atoms with Gasteiger partial charge in [0.05, 0.1) is 11.4 Å². The van der Waals surface area contributed by atoms with Crippen LogP contribution in [0.15, 0.2) is 29.3 Å². The average molecular weight is 238 g/mol. The number of anilines is 1. The van der Waals surface area contributed by atoms with Gasteiger partial charge in [-0.2, -0.15) is 4.99 Å². The molecule has 1 aromatic rings. The Hall–Kier alpha value is -1.69. The van der Waals surface area contributed by atoms with Crippen LogP contribution in [0.25, 0.3) is 0 Å². The quantitative estimate of drug-likeness (QED) is 0.732. The maximum atomic E-state index is 12.7. The van der Waals surface area contributed by atoms with Crippen molar-refractivity contribution in [3.8, 4) is 0 Å². The van der Waals surface area contributed by atoms with E-state index >= 15 is 0 Å². The highest BCUT2D eigenvalue weighted by molar-refractivity contribution is 8.15. The van der Waals surface area contributed by atoms with Crippen molar-refractivity contribution in [2.45, 2.75) is 0 Å². The van der Waals surface area contributed by atoms with Crippen molar-refractivity contribution in [3.63, 3.8) is 0 Å². The number of carbonyl (C=O) groups excluding carboxylic acids is 2. The Morgan fingerprint density at radius 1 is 1.38 bits per heavy atom.